The van der Waals surface area contributed by atoms with Crippen LogP contribution < -0.4 is 9.47 Å². The molecule has 2 aliphatic heterocycles. The van der Waals surface area contributed by atoms with E-state index < -0.39 is 28.0 Å². The fraction of sp³-hybridized carbons (Fsp3) is 0.579. The molecule has 2 aliphatic rings. The minimum absolute atomic E-state index is 0.142. The number of piperidine rings is 1. The van der Waals surface area contributed by atoms with Crippen LogP contribution in [-0.4, -0.2) is 56.9 Å². The van der Waals surface area contributed by atoms with Crippen molar-refractivity contribution in [1.29, 1.82) is 0 Å². The van der Waals surface area contributed by atoms with Crippen LogP contribution in [0.4, 0.5) is 0 Å². The third kappa shape index (κ3) is 4.47. The summed E-state index contributed by atoms with van der Waals surface area (Å²) in [4.78, 5) is 23.5. The highest BCUT2D eigenvalue weighted by molar-refractivity contribution is 7.89. The number of benzene rings is 1. The highest BCUT2D eigenvalue weighted by atomic mass is 32.2. The molecule has 0 saturated carbocycles. The van der Waals surface area contributed by atoms with Gasteiger partial charge in [0, 0.05) is 25.6 Å². The van der Waals surface area contributed by atoms with Crippen LogP contribution in [0, 0.1) is 5.92 Å². The summed E-state index contributed by atoms with van der Waals surface area (Å²) >= 11 is 0. The zero-order chi connectivity index (χ0) is 20.3. The van der Waals surface area contributed by atoms with Gasteiger partial charge in [-0.2, -0.15) is 4.31 Å². The molecular weight excluding hydrogens is 386 g/mol. The van der Waals surface area contributed by atoms with Crippen molar-refractivity contribution in [3.05, 3.63) is 18.2 Å². The van der Waals surface area contributed by atoms with E-state index in [0.29, 0.717) is 37.6 Å². The van der Waals surface area contributed by atoms with E-state index in [1.807, 2.05) is 0 Å². The van der Waals surface area contributed by atoms with Crippen molar-refractivity contribution >= 4 is 21.8 Å². The molecule has 0 aliphatic carbocycles. The molecule has 1 atom stereocenters. The third-order valence-corrected chi connectivity index (χ3v) is 6.90. The molecule has 154 valence electrons. The van der Waals surface area contributed by atoms with Crippen LogP contribution in [0.2, 0.25) is 0 Å². The molecule has 1 aromatic rings. The molecule has 0 unspecified atom stereocenters. The van der Waals surface area contributed by atoms with Gasteiger partial charge in [-0.15, -0.1) is 0 Å². The van der Waals surface area contributed by atoms with Gasteiger partial charge in [0.2, 0.25) is 10.0 Å². The van der Waals surface area contributed by atoms with E-state index in [2.05, 4.69) is 0 Å². The summed E-state index contributed by atoms with van der Waals surface area (Å²) in [6.07, 6.45) is 0.666. The minimum atomic E-state index is -3.70. The van der Waals surface area contributed by atoms with E-state index in [4.69, 9.17) is 14.2 Å². The molecule has 28 heavy (non-hydrogen) atoms. The first-order valence-electron chi connectivity index (χ1n) is 9.40. The first-order valence-corrected chi connectivity index (χ1v) is 10.8. The quantitative estimate of drug-likeness (QED) is 0.681. The van der Waals surface area contributed by atoms with Gasteiger partial charge in [0.15, 0.2) is 23.4 Å². The second kappa shape index (κ2) is 8.48. The number of sulfonamides is 1. The lowest BCUT2D eigenvalue weighted by Gasteiger charge is -2.30. The number of nitrogens with zero attached hydrogens (tertiary/aromatic N) is 1. The van der Waals surface area contributed by atoms with Crippen LogP contribution in [0.3, 0.4) is 0 Å². The van der Waals surface area contributed by atoms with Gasteiger partial charge in [-0.1, -0.05) is 0 Å². The number of hydrogen-bond donors (Lipinski definition) is 0. The number of fused-ring (bicyclic) bond motifs is 1. The van der Waals surface area contributed by atoms with Gasteiger partial charge in [-0.3, -0.25) is 9.59 Å². The van der Waals surface area contributed by atoms with Gasteiger partial charge < -0.3 is 14.2 Å². The van der Waals surface area contributed by atoms with Crippen molar-refractivity contribution in [3.8, 4) is 11.5 Å². The lowest BCUT2D eigenvalue weighted by molar-refractivity contribution is -0.158. The van der Waals surface area contributed by atoms with Gasteiger partial charge in [-0.25, -0.2) is 8.42 Å². The summed E-state index contributed by atoms with van der Waals surface area (Å²) in [5.41, 5.74) is 0. The molecule has 0 spiro atoms. The van der Waals surface area contributed by atoms with Crippen molar-refractivity contribution in [2.75, 3.05) is 26.3 Å². The fourth-order valence-electron chi connectivity index (χ4n) is 3.14. The summed E-state index contributed by atoms with van der Waals surface area (Å²) in [7, 11) is -3.70. The number of Topliss-reactive ketones (excluding diaryl/α,β-unsaturated/α-hetero) is 1. The molecule has 0 aromatic heterocycles. The summed E-state index contributed by atoms with van der Waals surface area (Å²) < 4.78 is 43.6. The number of carbonyl (C=O) groups is 2. The Labute approximate surface area is 164 Å². The maximum atomic E-state index is 13.0. The topological polar surface area (TPSA) is 99.2 Å². The Hall–Kier alpha value is -2.13. The van der Waals surface area contributed by atoms with Crippen LogP contribution in [-0.2, 0) is 24.3 Å². The lowest BCUT2D eigenvalue weighted by Crippen LogP contribution is -2.41. The van der Waals surface area contributed by atoms with E-state index in [1.165, 1.54) is 30.3 Å². The SMILES string of the molecule is CC(=O)[C@H](C)OC(=O)C1CCN(S(=O)(=O)c2ccc3c(c2)OCCCO3)CC1. The van der Waals surface area contributed by atoms with Gasteiger partial charge in [-0.05, 0) is 38.8 Å². The zero-order valence-electron chi connectivity index (χ0n) is 16.0. The second-order valence-electron chi connectivity index (χ2n) is 7.03. The van der Waals surface area contributed by atoms with Gasteiger partial charge in [0.25, 0.3) is 0 Å². The van der Waals surface area contributed by atoms with Crippen molar-refractivity contribution in [3.63, 3.8) is 0 Å². The zero-order valence-corrected chi connectivity index (χ0v) is 16.9. The number of rotatable bonds is 5. The Bertz CT molecular complexity index is 844. The first kappa shape index (κ1) is 20.6. The number of esters is 1. The van der Waals surface area contributed by atoms with E-state index in [-0.39, 0.29) is 23.8 Å². The van der Waals surface area contributed by atoms with Gasteiger partial charge in [0.1, 0.15) is 0 Å². The molecule has 0 radical (unpaired) electrons. The molecule has 1 aromatic carbocycles. The lowest BCUT2D eigenvalue weighted by atomic mass is 9.98. The maximum absolute atomic E-state index is 13.0. The largest absolute Gasteiger partial charge is 0.490 e. The highest BCUT2D eigenvalue weighted by Gasteiger charge is 2.34. The molecule has 9 heteroatoms. The normalized spacial score (nSPS) is 19.5. The average Bonchev–Trinajstić information content (AvgIpc) is 2.92. The van der Waals surface area contributed by atoms with E-state index in [1.54, 1.807) is 6.07 Å². The van der Waals surface area contributed by atoms with Crippen molar-refractivity contribution in [2.24, 2.45) is 5.92 Å². The van der Waals surface area contributed by atoms with Crippen molar-refractivity contribution in [2.45, 2.75) is 44.1 Å². The highest BCUT2D eigenvalue weighted by Crippen LogP contribution is 2.33. The molecule has 0 N–H and O–H groups in total. The van der Waals surface area contributed by atoms with Gasteiger partial charge >= 0.3 is 5.97 Å². The number of ketones is 1. The fourth-order valence-corrected chi connectivity index (χ4v) is 4.62. The van der Waals surface area contributed by atoms with Crippen LogP contribution in [0.25, 0.3) is 0 Å². The summed E-state index contributed by atoms with van der Waals surface area (Å²) in [5.74, 6) is -0.108. The first-order chi connectivity index (χ1) is 13.3. The smallest absolute Gasteiger partial charge is 0.309 e. The molecule has 3 rings (SSSR count). The summed E-state index contributed by atoms with van der Waals surface area (Å²) in [5, 5.41) is 0. The predicted molar refractivity (Wildman–Crippen MR) is 99.8 cm³/mol. The van der Waals surface area contributed by atoms with Crippen molar-refractivity contribution < 1.29 is 32.2 Å². The number of hydrogen-bond acceptors (Lipinski definition) is 7. The standard InChI is InChI=1S/C19H25NO7S/c1-13(21)14(2)27-19(22)15-6-8-20(9-7-15)28(23,24)16-4-5-17-18(12-16)26-11-3-10-25-17/h4-5,12,14-15H,3,6-11H2,1-2H3/t14-/m0/s1. The number of carbonyl (C=O) groups excluding carboxylic acids is 2. The monoisotopic (exact) mass is 411 g/mol. The maximum Gasteiger partial charge on any atom is 0.309 e. The third-order valence-electron chi connectivity index (χ3n) is 5.01. The minimum Gasteiger partial charge on any atom is -0.490 e. The van der Waals surface area contributed by atoms with E-state index in [9.17, 15) is 18.0 Å². The Balaban J connectivity index is 1.66. The van der Waals surface area contributed by atoms with Crippen LogP contribution in [0.1, 0.15) is 33.1 Å². The van der Waals surface area contributed by atoms with Crippen LogP contribution in [0.15, 0.2) is 23.1 Å². The molecule has 8 nitrogen and oxygen atoms in total. The molecule has 1 fully saturated rings. The molecular formula is C19H25NO7S. The van der Waals surface area contributed by atoms with Crippen LogP contribution in [0.5, 0.6) is 11.5 Å². The Morgan fingerprint density at radius 2 is 1.79 bits per heavy atom. The molecule has 0 bridgehead atoms. The van der Waals surface area contributed by atoms with Crippen molar-refractivity contribution in [1.82, 2.24) is 4.31 Å². The van der Waals surface area contributed by atoms with Gasteiger partial charge in [0.05, 0.1) is 24.0 Å². The summed E-state index contributed by atoms with van der Waals surface area (Å²) in [6, 6.07) is 4.61. The van der Waals surface area contributed by atoms with Crippen LogP contribution >= 0.6 is 0 Å². The Morgan fingerprint density at radius 1 is 1.14 bits per heavy atom. The Kier molecular flexibility index (Phi) is 6.24. The Morgan fingerprint density at radius 3 is 2.43 bits per heavy atom. The predicted octanol–water partition coefficient (Wildman–Crippen LogP) is 1.77. The number of ether oxygens (including phenoxy) is 3. The molecule has 1 saturated heterocycles. The summed E-state index contributed by atoms with van der Waals surface area (Å²) in [6.45, 7) is 4.33. The molecule has 0 amide bonds. The molecule has 2 heterocycles. The van der Waals surface area contributed by atoms with E-state index in [0.717, 1.165) is 6.42 Å². The van der Waals surface area contributed by atoms with E-state index >= 15 is 0 Å². The average molecular weight is 411 g/mol. The second-order valence-corrected chi connectivity index (χ2v) is 8.97.